The first-order chi connectivity index (χ1) is 8.56. The van der Waals surface area contributed by atoms with E-state index in [-0.39, 0.29) is 12.0 Å². The van der Waals surface area contributed by atoms with E-state index >= 15 is 0 Å². The van der Waals surface area contributed by atoms with E-state index in [2.05, 4.69) is 24.1 Å². The first-order valence-corrected chi connectivity index (χ1v) is 7.19. The maximum absolute atomic E-state index is 12.1. The third kappa shape index (κ3) is 2.69. The third-order valence-electron chi connectivity index (χ3n) is 4.44. The van der Waals surface area contributed by atoms with Crippen LogP contribution in [0.5, 0.6) is 0 Å². The number of hydrogen-bond acceptors (Lipinski definition) is 4. The molecule has 1 aliphatic heterocycles. The van der Waals surface area contributed by atoms with Crippen molar-refractivity contribution in [2.45, 2.75) is 52.1 Å². The average Bonchev–Trinajstić information content (AvgIpc) is 2.69. The van der Waals surface area contributed by atoms with Crippen molar-refractivity contribution >= 4 is 5.97 Å². The van der Waals surface area contributed by atoms with Crippen LogP contribution < -0.4 is 5.32 Å². The Morgan fingerprint density at radius 3 is 2.89 bits per heavy atom. The van der Waals surface area contributed by atoms with Crippen molar-refractivity contribution in [3.63, 3.8) is 0 Å². The minimum Gasteiger partial charge on any atom is -0.465 e. The van der Waals surface area contributed by atoms with Crippen LogP contribution >= 0.6 is 0 Å². The molecule has 1 aliphatic carbocycles. The molecule has 0 spiro atoms. The molecule has 1 saturated heterocycles. The number of carbonyl (C=O) groups is 1. The number of nitrogens with zero attached hydrogens (tertiary/aromatic N) is 1. The van der Waals surface area contributed by atoms with Gasteiger partial charge in [-0.1, -0.05) is 20.3 Å². The first kappa shape index (κ1) is 13.8. The van der Waals surface area contributed by atoms with Gasteiger partial charge in [-0.3, -0.25) is 9.69 Å². The van der Waals surface area contributed by atoms with E-state index in [1.807, 2.05) is 6.92 Å². The molecule has 1 saturated carbocycles. The predicted molar refractivity (Wildman–Crippen MR) is 71.4 cm³/mol. The van der Waals surface area contributed by atoms with Crippen LogP contribution in [-0.2, 0) is 9.53 Å². The molecule has 0 aromatic carbocycles. The van der Waals surface area contributed by atoms with E-state index in [9.17, 15) is 4.79 Å². The Morgan fingerprint density at radius 1 is 1.50 bits per heavy atom. The smallest absolute Gasteiger partial charge is 0.324 e. The van der Waals surface area contributed by atoms with Crippen LogP contribution in [0.2, 0.25) is 0 Å². The van der Waals surface area contributed by atoms with Crippen molar-refractivity contribution in [1.82, 2.24) is 10.2 Å². The molecule has 2 aliphatic rings. The lowest BCUT2D eigenvalue weighted by molar-refractivity contribution is -0.152. The Bertz CT molecular complexity index is 304. The van der Waals surface area contributed by atoms with Crippen molar-refractivity contribution in [3.05, 3.63) is 0 Å². The van der Waals surface area contributed by atoms with Crippen molar-refractivity contribution in [2.75, 3.05) is 26.2 Å². The number of rotatable bonds is 3. The molecule has 0 aromatic heterocycles. The van der Waals surface area contributed by atoms with Gasteiger partial charge in [0, 0.05) is 25.7 Å². The fourth-order valence-corrected chi connectivity index (χ4v) is 3.47. The second-order valence-electron chi connectivity index (χ2n) is 6.11. The first-order valence-electron chi connectivity index (χ1n) is 7.19. The van der Waals surface area contributed by atoms with Gasteiger partial charge >= 0.3 is 5.97 Å². The molecule has 2 atom stereocenters. The van der Waals surface area contributed by atoms with Gasteiger partial charge in [-0.15, -0.1) is 0 Å². The van der Waals surface area contributed by atoms with Crippen LogP contribution in [0.1, 0.15) is 40.0 Å². The van der Waals surface area contributed by atoms with Crippen molar-refractivity contribution < 1.29 is 9.53 Å². The van der Waals surface area contributed by atoms with Gasteiger partial charge in [-0.2, -0.15) is 0 Å². The van der Waals surface area contributed by atoms with Gasteiger partial charge in [-0.05, 0) is 25.2 Å². The Kier molecular flexibility index (Phi) is 4.28. The molecule has 104 valence electrons. The van der Waals surface area contributed by atoms with E-state index in [1.165, 1.54) is 19.3 Å². The molecule has 4 heteroatoms. The van der Waals surface area contributed by atoms with Gasteiger partial charge in [0.2, 0.25) is 0 Å². The molecule has 2 fully saturated rings. The summed E-state index contributed by atoms with van der Waals surface area (Å²) in [4.78, 5) is 14.5. The van der Waals surface area contributed by atoms with Crippen LogP contribution in [0.3, 0.4) is 0 Å². The summed E-state index contributed by atoms with van der Waals surface area (Å²) in [5.74, 6) is -0.0626. The summed E-state index contributed by atoms with van der Waals surface area (Å²) in [5.41, 5.74) is 0.322. The lowest BCUT2D eigenvalue weighted by Gasteiger charge is -2.43. The zero-order chi connectivity index (χ0) is 13.2. The third-order valence-corrected chi connectivity index (χ3v) is 4.44. The molecule has 4 nitrogen and oxygen atoms in total. The topological polar surface area (TPSA) is 41.6 Å². The van der Waals surface area contributed by atoms with E-state index in [4.69, 9.17) is 4.74 Å². The average molecular weight is 254 g/mol. The van der Waals surface area contributed by atoms with Crippen molar-refractivity contribution in [2.24, 2.45) is 5.41 Å². The zero-order valence-corrected chi connectivity index (χ0v) is 11.9. The van der Waals surface area contributed by atoms with Crippen LogP contribution in [0.25, 0.3) is 0 Å². The number of ether oxygens (including phenoxy) is 1. The lowest BCUT2D eigenvalue weighted by atomic mass is 9.85. The van der Waals surface area contributed by atoms with E-state index < -0.39 is 0 Å². The molecular weight excluding hydrogens is 228 g/mol. The van der Waals surface area contributed by atoms with Gasteiger partial charge in [0.1, 0.15) is 6.04 Å². The van der Waals surface area contributed by atoms with Crippen LogP contribution in [0, 0.1) is 5.41 Å². The normalized spacial score (nSPS) is 32.4. The van der Waals surface area contributed by atoms with Gasteiger partial charge in [-0.25, -0.2) is 0 Å². The highest BCUT2D eigenvalue weighted by atomic mass is 16.5. The molecule has 0 aromatic rings. The highest BCUT2D eigenvalue weighted by molar-refractivity contribution is 5.76. The number of nitrogens with one attached hydrogen (secondary N) is 1. The van der Waals surface area contributed by atoms with Gasteiger partial charge in [0.25, 0.3) is 0 Å². The summed E-state index contributed by atoms with van der Waals surface area (Å²) < 4.78 is 5.22. The molecule has 0 amide bonds. The van der Waals surface area contributed by atoms with Crippen molar-refractivity contribution in [3.8, 4) is 0 Å². The zero-order valence-electron chi connectivity index (χ0n) is 11.9. The van der Waals surface area contributed by atoms with Gasteiger partial charge in [0.15, 0.2) is 0 Å². The van der Waals surface area contributed by atoms with Crippen LogP contribution in [-0.4, -0.2) is 49.2 Å². The second kappa shape index (κ2) is 5.57. The Morgan fingerprint density at radius 2 is 2.28 bits per heavy atom. The SMILES string of the molecule is CCOC(=O)C1CNCCN1C1CCCC1(C)C. The number of hydrogen-bond donors (Lipinski definition) is 1. The molecule has 1 N–H and O–H groups in total. The number of piperazine rings is 1. The summed E-state index contributed by atoms with van der Waals surface area (Å²) in [6, 6.07) is 0.426. The standard InChI is InChI=1S/C14H26N2O2/c1-4-18-13(17)11-10-15-8-9-16(11)12-6-5-7-14(12,2)3/h11-12,15H,4-10H2,1-3H3. The van der Waals surface area contributed by atoms with Crippen LogP contribution in [0.4, 0.5) is 0 Å². The lowest BCUT2D eigenvalue weighted by Crippen LogP contribution is -2.60. The summed E-state index contributed by atoms with van der Waals surface area (Å²) in [6.45, 7) is 9.66. The second-order valence-corrected chi connectivity index (χ2v) is 6.11. The summed E-state index contributed by atoms with van der Waals surface area (Å²) in [6.07, 6.45) is 3.75. The fourth-order valence-electron chi connectivity index (χ4n) is 3.47. The maximum atomic E-state index is 12.1. The largest absolute Gasteiger partial charge is 0.465 e. The van der Waals surface area contributed by atoms with E-state index in [1.54, 1.807) is 0 Å². The molecule has 18 heavy (non-hydrogen) atoms. The molecule has 0 bridgehead atoms. The number of carbonyl (C=O) groups excluding carboxylic acids is 1. The Labute approximate surface area is 110 Å². The minimum atomic E-state index is -0.0962. The molecule has 2 rings (SSSR count). The van der Waals surface area contributed by atoms with E-state index in [0.717, 1.165) is 19.6 Å². The maximum Gasteiger partial charge on any atom is 0.324 e. The monoisotopic (exact) mass is 254 g/mol. The molecule has 0 radical (unpaired) electrons. The van der Waals surface area contributed by atoms with Crippen molar-refractivity contribution in [1.29, 1.82) is 0 Å². The Hall–Kier alpha value is -0.610. The minimum absolute atomic E-state index is 0.0626. The highest BCUT2D eigenvalue weighted by Gasteiger charge is 2.43. The number of esters is 1. The quantitative estimate of drug-likeness (QED) is 0.773. The molecular formula is C14H26N2O2. The van der Waals surface area contributed by atoms with Crippen LogP contribution in [0.15, 0.2) is 0 Å². The predicted octanol–water partition coefficient (Wildman–Crippen LogP) is 1.40. The summed E-state index contributed by atoms with van der Waals surface area (Å²) in [5, 5.41) is 3.31. The molecule has 1 heterocycles. The Balaban J connectivity index is 2.10. The highest BCUT2D eigenvalue weighted by Crippen LogP contribution is 2.41. The van der Waals surface area contributed by atoms with Gasteiger partial charge in [0.05, 0.1) is 6.61 Å². The van der Waals surface area contributed by atoms with E-state index in [0.29, 0.717) is 18.1 Å². The van der Waals surface area contributed by atoms with Gasteiger partial charge < -0.3 is 10.1 Å². The summed E-state index contributed by atoms with van der Waals surface area (Å²) >= 11 is 0. The molecule has 2 unspecified atom stereocenters. The summed E-state index contributed by atoms with van der Waals surface area (Å²) in [7, 11) is 0. The fraction of sp³-hybridized carbons (Fsp3) is 0.929.